The lowest BCUT2D eigenvalue weighted by Gasteiger charge is -2.13. The molecule has 2 rings (SSSR count). The maximum Gasteiger partial charge on any atom is 0.119 e. The van der Waals surface area contributed by atoms with Crippen LogP contribution in [0.15, 0.2) is 35.8 Å². The third kappa shape index (κ3) is 0.764. The van der Waals surface area contributed by atoms with Gasteiger partial charge in [0.2, 0.25) is 0 Å². The molecule has 1 aliphatic carbocycles. The minimum Gasteiger partial charge on any atom is -0.384 e. The second-order valence-corrected chi connectivity index (χ2v) is 2.52. The molecule has 0 saturated heterocycles. The monoisotopic (exact) mass is 137 g/mol. The van der Waals surface area contributed by atoms with E-state index in [0.29, 0.717) is 6.04 Å². The van der Waals surface area contributed by atoms with E-state index in [4.69, 9.17) is 0 Å². The molecule has 1 aliphatic heterocycles. The van der Waals surface area contributed by atoms with E-state index < -0.39 is 0 Å². The van der Waals surface area contributed by atoms with Crippen LogP contribution >= 0.6 is 0 Å². The molecule has 52 valence electrons. The first-order valence-corrected chi connectivity index (χ1v) is 3.36. The van der Waals surface area contributed by atoms with Gasteiger partial charge in [0.15, 0.2) is 0 Å². The Morgan fingerprint density at radius 2 is 2.50 bits per heavy atom. The van der Waals surface area contributed by atoms with Crippen LogP contribution in [0.4, 0.5) is 4.39 Å². The zero-order valence-corrected chi connectivity index (χ0v) is 5.47. The third-order valence-electron chi connectivity index (χ3n) is 1.83. The second kappa shape index (κ2) is 1.97. The molecule has 10 heavy (non-hydrogen) atoms. The standard InChI is InChI=1S/C8H8FN/c9-7-1-2-8-6(5-7)3-4-10-8/h1,3-5,8,10H,2H2. The van der Waals surface area contributed by atoms with Gasteiger partial charge >= 0.3 is 0 Å². The molecule has 0 saturated carbocycles. The summed E-state index contributed by atoms with van der Waals surface area (Å²) in [5.74, 6) is -0.111. The Balaban J connectivity index is 2.31. The van der Waals surface area contributed by atoms with Crippen LogP contribution < -0.4 is 5.32 Å². The van der Waals surface area contributed by atoms with E-state index in [1.54, 1.807) is 12.2 Å². The molecule has 0 aromatic rings. The van der Waals surface area contributed by atoms with E-state index in [-0.39, 0.29) is 5.83 Å². The lowest BCUT2D eigenvalue weighted by Crippen LogP contribution is -2.21. The van der Waals surface area contributed by atoms with Crippen molar-refractivity contribution in [1.82, 2.24) is 5.32 Å². The number of hydrogen-bond donors (Lipinski definition) is 1. The van der Waals surface area contributed by atoms with E-state index >= 15 is 0 Å². The molecule has 1 heterocycles. The van der Waals surface area contributed by atoms with Crippen LogP contribution in [0, 0.1) is 0 Å². The number of rotatable bonds is 0. The van der Waals surface area contributed by atoms with E-state index in [0.717, 1.165) is 12.0 Å². The van der Waals surface area contributed by atoms with E-state index in [9.17, 15) is 4.39 Å². The molecule has 2 aliphatic rings. The van der Waals surface area contributed by atoms with Gasteiger partial charge in [0.1, 0.15) is 5.83 Å². The van der Waals surface area contributed by atoms with Gasteiger partial charge in [0, 0.05) is 0 Å². The fourth-order valence-corrected chi connectivity index (χ4v) is 1.27. The summed E-state index contributed by atoms with van der Waals surface area (Å²) >= 11 is 0. The largest absolute Gasteiger partial charge is 0.384 e. The number of halogens is 1. The smallest absolute Gasteiger partial charge is 0.119 e. The number of fused-ring (bicyclic) bond motifs is 1. The Morgan fingerprint density at radius 3 is 3.40 bits per heavy atom. The van der Waals surface area contributed by atoms with Crippen molar-refractivity contribution in [3.05, 3.63) is 35.8 Å². The van der Waals surface area contributed by atoms with Gasteiger partial charge in [-0.2, -0.15) is 0 Å². The number of allylic oxidation sites excluding steroid dienone is 2. The topological polar surface area (TPSA) is 12.0 Å². The van der Waals surface area contributed by atoms with Crippen LogP contribution in [0.3, 0.4) is 0 Å². The van der Waals surface area contributed by atoms with Gasteiger partial charge in [-0.05, 0) is 36.4 Å². The van der Waals surface area contributed by atoms with E-state index in [1.807, 2.05) is 12.3 Å². The predicted molar refractivity (Wildman–Crippen MR) is 38.0 cm³/mol. The lowest BCUT2D eigenvalue weighted by molar-refractivity contribution is 0.621. The Hall–Kier alpha value is -1.05. The SMILES string of the molecule is FC1=CCC2NC=CC2=C1. The van der Waals surface area contributed by atoms with Crippen molar-refractivity contribution in [2.24, 2.45) is 0 Å². The van der Waals surface area contributed by atoms with Crippen LogP contribution in [0.2, 0.25) is 0 Å². The van der Waals surface area contributed by atoms with Crippen LogP contribution in [0.1, 0.15) is 6.42 Å². The zero-order valence-electron chi connectivity index (χ0n) is 5.47. The van der Waals surface area contributed by atoms with Crippen molar-refractivity contribution in [3.8, 4) is 0 Å². The average Bonchev–Trinajstić information content (AvgIpc) is 2.33. The highest BCUT2D eigenvalue weighted by atomic mass is 19.1. The molecule has 0 radical (unpaired) electrons. The Bertz CT molecular complexity index is 238. The Labute approximate surface area is 58.9 Å². The summed E-state index contributed by atoms with van der Waals surface area (Å²) in [5, 5.41) is 3.12. The highest BCUT2D eigenvalue weighted by molar-refractivity contribution is 5.38. The maximum atomic E-state index is 12.5. The number of nitrogens with one attached hydrogen (secondary N) is 1. The normalized spacial score (nSPS) is 28.7. The molecule has 0 spiro atoms. The van der Waals surface area contributed by atoms with Crippen molar-refractivity contribution in [1.29, 1.82) is 0 Å². The zero-order chi connectivity index (χ0) is 6.97. The summed E-state index contributed by atoms with van der Waals surface area (Å²) < 4.78 is 12.5. The summed E-state index contributed by atoms with van der Waals surface area (Å²) in [7, 11) is 0. The maximum absolute atomic E-state index is 12.5. The molecular weight excluding hydrogens is 129 g/mol. The first kappa shape index (κ1) is 5.71. The fourth-order valence-electron chi connectivity index (χ4n) is 1.27. The molecule has 0 fully saturated rings. The quantitative estimate of drug-likeness (QED) is 0.535. The van der Waals surface area contributed by atoms with E-state index in [1.165, 1.54) is 0 Å². The third-order valence-corrected chi connectivity index (χ3v) is 1.83. The highest BCUT2D eigenvalue weighted by Crippen LogP contribution is 2.22. The van der Waals surface area contributed by atoms with Gasteiger partial charge in [-0.25, -0.2) is 4.39 Å². The highest BCUT2D eigenvalue weighted by Gasteiger charge is 2.17. The van der Waals surface area contributed by atoms with Gasteiger partial charge in [-0.15, -0.1) is 0 Å². The van der Waals surface area contributed by atoms with Gasteiger partial charge < -0.3 is 5.32 Å². The minimum absolute atomic E-state index is 0.111. The molecule has 0 aromatic carbocycles. The molecule has 0 aromatic heterocycles. The minimum atomic E-state index is -0.111. The molecule has 2 heteroatoms. The van der Waals surface area contributed by atoms with Crippen molar-refractivity contribution in [3.63, 3.8) is 0 Å². The molecule has 1 N–H and O–H groups in total. The fraction of sp³-hybridized carbons (Fsp3) is 0.250. The van der Waals surface area contributed by atoms with Gasteiger partial charge in [0.05, 0.1) is 6.04 Å². The van der Waals surface area contributed by atoms with Gasteiger partial charge in [0.25, 0.3) is 0 Å². The molecule has 1 unspecified atom stereocenters. The summed E-state index contributed by atoms with van der Waals surface area (Å²) in [5.41, 5.74) is 1.06. The molecule has 0 bridgehead atoms. The Morgan fingerprint density at radius 1 is 1.60 bits per heavy atom. The molecule has 1 nitrogen and oxygen atoms in total. The summed E-state index contributed by atoms with van der Waals surface area (Å²) in [6.07, 6.45) is 7.73. The number of hydrogen-bond acceptors (Lipinski definition) is 1. The van der Waals surface area contributed by atoms with Crippen LogP contribution in [0.5, 0.6) is 0 Å². The Kier molecular flexibility index (Phi) is 1.13. The summed E-state index contributed by atoms with van der Waals surface area (Å²) in [6.45, 7) is 0. The predicted octanol–water partition coefficient (Wildman–Crippen LogP) is 1.66. The van der Waals surface area contributed by atoms with Crippen LogP contribution in [-0.2, 0) is 0 Å². The first-order valence-electron chi connectivity index (χ1n) is 3.36. The van der Waals surface area contributed by atoms with Gasteiger partial charge in [-0.1, -0.05) is 0 Å². The lowest BCUT2D eigenvalue weighted by atomic mass is 10.0. The summed E-state index contributed by atoms with van der Waals surface area (Å²) in [4.78, 5) is 0. The van der Waals surface area contributed by atoms with Gasteiger partial charge in [-0.3, -0.25) is 0 Å². The first-order chi connectivity index (χ1) is 4.86. The average molecular weight is 137 g/mol. The van der Waals surface area contributed by atoms with Crippen molar-refractivity contribution >= 4 is 0 Å². The van der Waals surface area contributed by atoms with Crippen LogP contribution in [0.25, 0.3) is 0 Å². The van der Waals surface area contributed by atoms with Crippen molar-refractivity contribution < 1.29 is 4.39 Å². The summed E-state index contributed by atoms with van der Waals surface area (Å²) in [6, 6.07) is 0.333. The van der Waals surface area contributed by atoms with E-state index in [2.05, 4.69) is 5.32 Å². The van der Waals surface area contributed by atoms with Crippen molar-refractivity contribution in [2.45, 2.75) is 12.5 Å². The second-order valence-electron chi connectivity index (χ2n) is 2.52. The molecule has 1 atom stereocenters. The molecular formula is C8H8FN. The molecule has 0 amide bonds. The van der Waals surface area contributed by atoms with Crippen molar-refractivity contribution in [2.75, 3.05) is 0 Å². The van der Waals surface area contributed by atoms with Crippen LogP contribution in [-0.4, -0.2) is 6.04 Å².